The molecule has 2 amide bonds. The van der Waals surface area contributed by atoms with Gasteiger partial charge in [0.25, 0.3) is 5.82 Å². The highest BCUT2D eigenvalue weighted by Crippen LogP contribution is 2.03. The van der Waals surface area contributed by atoms with Gasteiger partial charge in [0, 0.05) is 6.07 Å². The van der Waals surface area contributed by atoms with E-state index in [4.69, 9.17) is 11.6 Å². The molecule has 0 atom stereocenters. The third-order valence-corrected chi connectivity index (χ3v) is 1.47. The van der Waals surface area contributed by atoms with Crippen LogP contribution in [0.25, 0.3) is 0 Å². The summed E-state index contributed by atoms with van der Waals surface area (Å²) in [7, 11) is 0. The smallest absolute Gasteiger partial charge is 0.412 e. The Morgan fingerprint density at radius 3 is 2.86 bits per heavy atom. The van der Waals surface area contributed by atoms with Crippen molar-refractivity contribution >= 4 is 18.2 Å². The quantitative estimate of drug-likeness (QED) is 0.159. The fourth-order valence-corrected chi connectivity index (χ4v) is 0.901. The Morgan fingerprint density at radius 2 is 2.36 bits per heavy atom. The molecule has 0 saturated carbocycles. The number of carbonyl (C=O) groups excluding carboxylic acids is 1. The molecule has 0 bridgehead atoms. The number of rotatable bonds is 2. The Hall–Kier alpha value is -2.31. The number of urea groups is 1. The molecule has 1 aromatic rings. The molecule has 7 heteroatoms. The number of nitrogens with zero attached hydrogens (tertiary/aromatic N) is 3. The van der Waals surface area contributed by atoms with Crippen LogP contribution in [-0.4, -0.2) is 12.4 Å². The Labute approximate surface area is 79.8 Å². The summed E-state index contributed by atoms with van der Waals surface area (Å²) >= 11 is 0. The van der Waals surface area contributed by atoms with Crippen molar-refractivity contribution in [3.63, 3.8) is 0 Å². The largest absolute Gasteiger partial charge is 0.711 e. The number of hydrogen-bond donors (Lipinski definition) is 2. The lowest BCUT2D eigenvalue weighted by Gasteiger charge is -2.11. The van der Waals surface area contributed by atoms with Gasteiger partial charge in [-0.3, -0.25) is 0 Å². The fourth-order valence-electron chi connectivity index (χ4n) is 0.901. The zero-order valence-electron chi connectivity index (χ0n) is 7.20. The first-order valence-corrected chi connectivity index (χ1v) is 3.67. The molecule has 14 heavy (non-hydrogen) atoms. The van der Waals surface area contributed by atoms with Crippen molar-refractivity contribution in [1.29, 1.82) is 0 Å². The van der Waals surface area contributed by atoms with Gasteiger partial charge in [-0.15, -0.1) is 10.0 Å². The average molecular weight is 195 g/mol. The molecule has 1 heterocycles. The first-order chi connectivity index (χ1) is 6.66. The Balaban J connectivity index is 3.11. The maximum Gasteiger partial charge on any atom is 0.412 e. The molecule has 7 nitrogen and oxygen atoms in total. The highest BCUT2D eigenvalue weighted by molar-refractivity contribution is 6.05. The van der Waals surface area contributed by atoms with Gasteiger partial charge in [0.05, 0.1) is 6.20 Å². The predicted molar refractivity (Wildman–Crippen MR) is 50.1 cm³/mol. The van der Waals surface area contributed by atoms with Crippen LogP contribution in [0, 0.1) is 5.21 Å². The SMILES string of the molecule is N/N=C/N(C(N)=O)c1cccc[n+]1[O-]. The maximum absolute atomic E-state index is 11.2. The Kier molecular flexibility index (Phi) is 2.85. The number of nitrogens with two attached hydrogens (primary N) is 2. The van der Waals surface area contributed by atoms with Gasteiger partial charge in [-0.05, 0) is 6.07 Å². The number of hydrogen-bond acceptors (Lipinski definition) is 4. The number of anilines is 1. The molecule has 0 fully saturated rings. The van der Waals surface area contributed by atoms with Gasteiger partial charge >= 0.3 is 6.03 Å². The second-order valence-electron chi connectivity index (χ2n) is 2.36. The second kappa shape index (κ2) is 4.08. The van der Waals surface area contributed by atoms with Gasteiger partial charge in [-0.1, -0.05) is 6.07 Å². The molecule has 0 radical (unpaired) electrons. The van der Waals surface area contributed by atoms with Crippen molar-refractivity contribution in [3.05, 3.63) is 29.6 Å². The van der Waals surface area contributed by atoms with Crippen LogP contribution in [0.15, 0.2) is 29.5 Å². The molecule has 74 valence electrons. The normalized spacial score (nSPS) is 10.3. The van der Waals surface area contributed by atoms with E-state index in [1.54, 1.807) is 6.07 Å². The second-order valence-corrected chi connectivity index (χ2v) is 2.36. The lowest BCUT2D eigenvalue weighted by Crippen LogP contribution is -2.43. The van der Waals surface area contributed by atoms with Crippen molar-refractivity contribution < 1.29 is 9.52 Å². The van der Waals surface area contributed by atoms with E-state index in [1.165, 1.54) is 18.3 Å². The molecule has 0 saturated heterocycles. The van der Waals surface area contributed by atoms with Crippen LogP contribution in [0.3, 0.4) is 0 Å². The Morgan fingerprint density at radius 1 is 1.64 bits per heavy atom. The van der Waals surface area contributed by atoms with Gasteiger partial charge in [0.15, 0.2) is 0 Å². The number of hydrazone groups is 1. The molecule has 0 aliphatic rings. The van der Waals surface area contributed by atoms with Gasteiger partial charge in [-0.25, -0.2) is 9.52 Å². The first kappa shape index (κ1) is 9.78. The summed E-state index contributed by atoms with van der Waals surface area (Å²) in [4.78, 5) is 11.7. The zero-order chi connectivity index (χ0) is 10.6. The van der Waals surface area contributed by atoms with E-state index in [9.17, 15) is 10.0 Å². The van der Waals surface area contributed by atoms with E-state index in [0.29, 0.717) is 4.73 Å². The number of primary amides is 1. The minimum atomic E-state index is -0.838. The van der Waals surface area contributed by atoms with Crippen LogP contribution in [0.1, 0.15) is 0 Å². The lowest BCUT2D eigenvalue weighted by atomic mass is 10.4. The highest BCUT2D eigenvalue weighted by atomic mass is 16.5. The van der Waals surface area contributed by atoms with Crippen molar-refractivity contribution in [2.75, 3.05) is 4.90 Å². The summed E-state index contributed by atoms with van der Waals surface area (Å²) in [6.45, 7) is 0. The number of amides is 2. The van der Waals surface area contributed by atoms with Crippen LogP contribution >= 0.6 is 0 Å². The van der Waals surface area contributed by atoms with Crippen molar-refractivity contribution in [1.82, 2.24) is 0 Å². The molecular formula is C7H9N5O2. The van der Waals surface area contributed by atoms with Crippen LogP contribution in [0.4, 0.5) is 10.6 Å². The van der Waals surface area contributed by atoms with Gasteiger partial charge in [0.2, 0.25) is 6.34 Å². The Bertz CT molecular complexity index is 365. The van der Waals surface area contributed by atoms with Gasteiger partial charge in [0.1, 0.15) is 0 Å². The third kappa shape index (κ3) is 1.89. The number of carbonyl (C=O) groups is 1. The van der Waals surface area contributed by atoms with E-state index >= 15 is 0 Å². The van der Waals surface area contributed by atoms with E-state index < -0.39 is 6.03 Å². The number of aromatic nitrogens is 1. The fraction of sp³-hybridized carbons (Fsp3) is 0. The van der Waals surface area contributed by atoms with Crippen LogP contribution in [0.5, 0.6) is 0 Å². The summed E-state index contributed by atoms with van der Waals surface area (Å²) < 4.78 is 0.479. The van der Waals surface area contributed by atoms with Crippen LogP contribution in [-0.2, 0) is 0 Å². The molecule has 1 aromatic heterocycles. The third-order valence-electron chi connectivity index (χ3n) is 1.47. The first-order valence-electron chi connectivity index (χ1n) is 3.67. The summed E-state index contributed by atoms with van der Waals surface area (Å²) in [5.74, 6) is 4.90. The van der Waals surface area contributed by atoms with Crippen molar-refractivity contribution in [3.8, 4) is 0 Å². The molecule has 0 aliphatic heterocycles. The summed E-state index contributed by atoms with van der Waals surface area (Å²) in [6.07, 6.45) is 2.20. The van der Waals surface area contributed by atoms with Gasteiger partial charge in [-0.2, -0.15) is 0 Å². The van der Waals surface area contributed by atoms with E-state index in [1.807, 2.05) is 0 Å². The standard InChI is InChI=1S/C7H9N5O2/c8-7(13)11(5-10-9)6-3-1-2-4-12(6)14/h1-5H,9H2,(H2,8,13)/b10-5+. The van der Waals surface area contributed by atoms with E-state index in [0.717, 1.165) is 11.2 Å². The topological polar surface area (TPSA) is 112 Å². The molecule has 0 spiro atoms. The van der Waals surface area contributed by atoms with E-state index in [2.05, 4.69) is 5.10 Å². The predicted octanol–water partition coefficient (Wildman–Crippen LogP) is -0.893. The molecule has 1 rings (SSSR count). The molecule has 0 unspecified atom stereocenters. The van der Waals surface area contributed by atoms with Gasteiger partial charge < -0.3 is 16.8 Å². The maximum atomic E-state index is 11.2. The molecule has 4 N–H and O–H groups in total. The number of pyridine rings is 1. The summed E-state index contributed by atoms with van der Waals surface area (Å²) in [6, 6.07) is 3.69. The zero-order valence-corrected chi connectivity index (χ0v) is 7.20. The molecular weight excluding hydrogens is 186 g/mol. The minimum absolute atomic E-state index is 0.0363. The highest BCUT2D eigenvalue weighted by Gasteiger charge is 2.20. The lowest BCUT2D eigenvalue weighted by molar-refractivity contribution is -0.591. The van der Waals surface area contributed by atoms with Crippen molar-refractivity contribution in [2.45, 2.75) is 0 Å². The van der Waals surface area contributed by atoms with Crippen LogP contribution in [0.2, 0.25) is 0 Å². The van der Waals surface area contributed by atoms with Crippen molar-refractivity contribution in [2.24, 2.45) is 16.7 Å². The summed E-state index contributed by atoms with van der Waals surface area (Å²) in [5, 5.41) is 14.3. The van der Waals surface area contributed by atoms with E-state index in [-0.39, 0.29) is 5.82 Å². The average Bonchev–Trinajstić information content (AvgIpc) is 2.15. The molecule has 0 aliphatic carbocycles. The molecule has 0 aromatic carbocycles. The summed E-state index contributed by atoms with van der Waals surface area (Å²) in [5.41, 5.74) is 5.01. The minimum Gasteiger partial charge on any atom is -0.711 e. The van der Waals surface area contributed by atoms with Crippen LogP contribution < -0.4 is 21.2 Å². The monoisotopic (exact) mass is 195 g/mol.